The van der Waals surface area contributed by atoms with Crippen LogP contribution in [0.15, 0.2) is 18.3 Å². The van der Waals surface area contributed by atoms with E-state index in [0.717, 1.165) is 37.2 Å². The van der Waals surface area contributed by atoms with Crippen molar-refractivity contribution >= 4 is 5.82 Å². The van der Waals surface area contributed by atoms with E-state index < -0.39 is 12.4 Å². The molecule has 0 bridgehead atoms. The van der Waals surface area contributed by atoms with Gasteiger partial charge in [0.25, 0.3) is 0 Å². The highest BCUT2D eigenvalue weighted by molar-refractivity contribution is 5.63. The van der Waals surface area contributed by atoms with Gasteiger partial charge in [0.05, 0.1) is 5.69 Å². The molecule has 178 valence electrons. The summed E-state index contributed by atoms with van der Waals surface area (Å²) >= 11 is 0. The highest BCUT2D eigenvalue weighted by Crippen LogP contribution is 2.64. The van der Waals surface area contributed by atoms with Crippen molar-refractivity contribution in [3.05, 3.63) is 29.6 Å². The van der Waals surface area contributed by atoms with E-state index in [9.17, 15) is 9.50 Å². The average molecular weight is 455 g/mol. The Bertz CT molecular complexity index is 1020. The van der Waals surface area contributed by atoms with E-state index in [1.807, 2.05) is 6.07 Å². The van der Waals surface area contributed by atoms with Crippen molar-refractivity contribution in [1.82, 2.24) is 24.6 Å². The third-order valence-corrected chi connectivity index (χ3v) is 8.41. The zero-order valence-corrected chi connectivity index (χ0v) is 19.6. The molecule has 4 fully saturated rings. The van der Waals surface area contributed by atoms with Crippen LogP contribution in [0.1, 0.15) is 69.0 Å². The zero-order valence-electron chi connectivity index (χ0n) is 19.6. The lowest BCUT2D eigenvalue weighted by Gasteiger charge is -2.40. The summed E-state index contributed by atoms with van der Waals surface area (Å²) in [7, 11) is 0. The second-order valence-corrected chi connectivity index (χ2v) is 10.8. The number of nitrogens with two attached hydrogens (primary N) is 1. The molecule has 4 aliphatic rings. The first kappa shape index (κ1) is 21.5. The topological polar surface area (TPSA) is 83.4 Å². The van der Waals surface area contributed by atoms with Gasteiger partial charge in [0, 0.05) is 67.2 Å². The fourth-order valence-corrected chi connectivity index (χ4v) is 6.54. The van der Waals surface area contributed by atoms with Crippen molar-refractivity contribution in [1.29, 1.82) is 0 Å². The maximum absolute atomic E-state index is 13.3. The summed E-state index contributed by atoms with van der Waals surface area (Å²) in [4.78, 5) is 8.79. The highest BCUT2D eigenvalue weighted by Gasteiger charge is 2.59. The maximum Gasteiger partial charge on any atom is 0.137 e. The number of halogens is 1. The minimum atomic E-state index is -0.725. The molecular formula is C25H35FN6O. The first-order valence-electron chi connectivity index (χ1n) is 12.6. The molecular weight excluding hydrogens is 419 g/mol. The van der Waals surface area contributed by atoms with E-state index in [-0.39, 0.29) is 6.04 Å². The lowest BCUT2D eigenvalue weighted by molar-refractivity contribution is 0.0194. The number of alkyl halides is 1. The molecule has 2 aliphatic carbocycles. The first-order valence-corrected chi connectivity index (χ1v) is 12.6. The predicted octanol–water partition coefficient (Wildman–Crippen LogP) is 3.34. The van der Waals surface area contributed by atoms with Crippen molar-refractivity contribution in [3.8, 4) is 11.3 Å². The van der Waals surface area contributed by atoms with Gasteiger partial charge in [0.15, 0.2) is 0 Å². The molecule has 0 aromatic carbocycles. The van der Waals surface area contributed by atoms with Crippen LogP contribution in [0.2, 0.25) is 0 Å². The Balaban J connectivity index is 1.24. The molecule has 2 aromatic heterocycles. The molecule has 3 N–H and O–H groups in total. The molecule has 2 saturated heterocycles. The predicted molar refractivity (Wildman–Crippen MR) is 125 cm³/mol. The van der Waals surface area contributed by atoms with Gasteiger partial charge < -0.3 is 10.8 Å². The Morgan fingerprint density at radius 3 is 2.45 bits per heavy atom. The summed E-state index contributed by atoms with van der Waals surface area (Å²) in [5, 5.41) is 15.9. The Kier molecular flexibility index (Phi) is 5.23. The van der Waals surface area contributed by atoms with Crippen LogP contribution in [0.5, 0.6) is 0 Å². The summed E-state index contributed by atoms with van der Waals surface area (Å²) in [6, 6.07) is 5.01. The number of fused-ring (bicyclic) bond motifs is 1. The quantitative estimate of drug-likeness (QED) is 0.697. The van der Waals surface area contributed by atoms with Gasteiger partial charge in [-0.3, -0.25) is 14.5 Å². The molecule has 0 spiro atoms. The molecule has 2 aromatic rings. The van der Waals surface area contributed by atoms with E-state index >= 15 is 0 Å². The lowest BCUT2D eigenvalue weighted by Crippen LogP contribution is -2.53. The van der Waals surface area contributed by atoms with Crippen LogP contribution >= 0.6 is 0 Å². The number of nitrogen functional groups attached to an aromatic ring is 1. The van der Waals surface area contributed by atoms with Crippen LogP contribution in [0.3, 0.4) is 0 Å². The van der Waals surface area contributed by atoms with E-state index in [1.165, 1.54) is 18.5 Å². The molecule has 2 unspecified atom stereocenters. The largest absolute Gasteiger partial charge is 0.383 e. The molecule has 0 amide bonds. The molecule has 4 heterocycles. The smallest absolute Gasteiger partial charge is 0.137 e. The monoisotopic (exact) mass is 454 g/mol. The van der Waals surface area contributed by atoms with Crippen LogP contribution in [0.4, 0.5) is 10.2 Å². The molecule has 2 aliphatic heterocycles. The van der Waals surface area contributed by atoms with Gasteiger partial charge >= 0.3 is 0 Å². The van der Waals surface area contributed by atoms with Gasteiger partial charge in [0.2, 0.25) is 0 Å². The van der Waals surface area contributed by atoms with Gasteiger partial charge in [-0.1, -0.05) is 0 Å². The molecule has 6 rings (SSSR count). The Morgan fingerprint density at radius 2 is 1.82 bits per heavy atom. The summed E-state index contributed by atoms with van der Waals surface area (Å²) in [6.07, 6.45) is 4.98. The number of nitrogens with zero attached hydrogens (tertiary/aromatic N) is 5. The van der Waals surface area contributed by atoms with Crippen molar-refractivity contribution < 1.29 is 9.50 Å². The summed E-state index contributed by atoms with van der Waals surface area (Å²) in [5.74, 6) is 2.30. The third kappa shape index (κ3) is 3.67. The molecule has 0 radical (unpaired) electrons. The number of pyridine rings is 1. The number of aliphatic hydroxyl groups is 1. The van der Waals surface area contributed by atoms with Gasteiger partial charge in [-0.15, -0.1) is 0 Å². The fourth-order valence-electron chi connectivity index (χ4n) is 6.54. The maximum atomic E-state index is 13.3. The number of rotatable bonds is 6. The van der Waals surface area contributed by atoms with Gasteiger partial charge in [0.1, 0.15) is 18.2 Å². The van der Waals surface area contributed by atoms with Crippen molar-refractivity contribution in [3.63, 3.8) is 0 Å². The summed E-state index contributed by atoms with van der Waals surface area (Å²) in [5.41, 5.74) is 9.92. The van der Waals surface area contributed by atoms with Crippen molar-refractivity contribution in [2.45, 2.75) is 69.9 Å². The average Bonchev–Trinajstić information content (AvgIpc) is 3.29. The molecule has 33 heavy (non-hydrogen) atoms. The second-order valence-electron chi connectivity index (χ2n) is 10.8. The van der Waals surface area contributed by atoms with Gasteiger partial charge in [-0.05, 0) is 63.5 Å². The van der Waals surface area contributed by atoms with E-state index in [4.69, 9.17) is 10.8 Å². The Hall–Kier alpha value is -2.03. The van der Waals surface area contributed by atoms with Gasteiger partial charge in [-0.25, -0.2) is 9.37 Å². The normalized spacial score (nSPS) is 31.2. The van der Waals surface area contributed by atoms with E-state index in [0.29, 0.717) is 48.3 Å². The first-order chi connectivity index (χ1) is 15.9. The number of likely N-dealkylation sites (tertiary alicyclic amines) is 2. The molecule has 2 saturated carbocycles. The third-order valence-electron chi connectivity index (χ3n) is 8.41. The van der Waals surface area contributed by atoms with Crippen molar-refractivity contribution in [2.24, 2.45) is 11.8 Å². The SMILES string of the molecule is CC(C)n1nc(-c2cnc(N)c(C(O)N3CCCC3)c2)cc1[C@H]1[C@@H]2CC(N3CC(F)C3)C[C@@H]21. The van der Waals surface area contributed by atoms with Crippen LogP contribution in [-0.4, -0.2) is 68.1 Å². The number of hydrogen-bond acceptors (Lipinski definition) is 6. The second kappa shape index (κ2) is 8.03. The molecule has 8 heteroatoms. The van der Waals surface area contributed by atoms with E-state index in [1.54, 1.807) is 6.20 Å². The number of aliphatic hydroxyl groups excluding tert-OH is 1. The van der Waals surface area contributed by atoms with Crippen LogP contribution < -0.4 is 5.73 Å². The number of aromatic nitrogens is 3. The minimum Gasteiger partial charge on any atom is -0.383 e. The molecule has 5 atom stereocenters. The fraction of sp³-hybridized carbons (Fsp3) is 0.680. The number of anilines is 1. The molecule has 7 nitrogen and oxygen atoms in total. The van der Waals surface area contributed by atoms with Crippen LogP contribution in [0, 0.1) is 11.8 Å². The number of hydrogen-bond donors (Lipinski definition) is 2. The highest BCUT2D eigenvalue weighted by atomic mass is 19.1. The summed E-state index contributed by atoms with van der Waals surface area (Å²) in [6.45, 7) is 7.35. The Morgan fingerprint density at radius 1 is 1.12 bits per heavy atom. The minimum absolute atomic E-state index is 0.268. The van der Waals surface area contributed by atoms with Crippen molar-refractivity contribution in [2.75, 3.05) is 31.9 Å². The van der Waals surface area contributed by atoms with Crippen LogP contribution in [0.25, 0.3) is 11.3 Å². The Labute approximate surface area is 194 Å². The standard InChI is InChI=1S/C25H35FN6O/c1-14(2)32-22(23-18-8-17(9-19(18)23)31-12-16(26)13-31)10-21(29-32)15-7-20(24(27)28-11-15)25(33)30-5-3-4-6-30/h7,10-11,14,16-19,23,25,33H,3-6,8-9,12-13H2,1-2H3,(H2,27,28)/t17?,18-,19+,23+,25?. The zero-order chi connectivity index (χ0) is 22.9. The van der Waals surface area contributed by atoms with E-state index in [2.05, 4.69) is 39.4 Å². The lowest BCUT2D eigenvalue weighted by atomic mass is 9.99. The van der Waals surface area contributed by atoms with Crippen LogP contribution in [-0.2, 0) is 0 Å². The summed E-state index contributed by atoms with van der Waals surface area (Å²) < 4.78 is 15.5. The van der Waals surface area contributed by atoms with Gasteiger partial charge in [-0.2, -0.15) is 5.10 Å².